The van der Waals surface area contributed by atoms with Gasteiger partial charge in [-0.2, -0.15) is 0 Å². The monoisotopic (exact) mass is 236 g/mol. The van der Waals surface area contributed by atoms with E-state index in [0.717, 1.165) is 11.5 Å². The first-order valence-electron chi connectivity index (χ1n) is 6.58. The van der Waals surface area contributed by atoms with E-state index in [1.165, 1.54) is 31.5 Å². The molecule has 1 aliphatic heterocycles. The number of furan rings is 1. The van der Waals surface area contributed by atoms with Crippen molar-refractivity contribution in [3.8, 4) is 0 Å². The molecule has 2 rings (SSSR count). The van der Waals surface area contributed by atoms with Gasteiger partial charge in [0.2, 0.25) is 0 Å². The molecule has 0 saturated carbocycles. The third-order valence-electron chi connectivity index (χ3n) is 3.75. The molecule has 1 fully saturated rings. The van der Waals surface area contributed by atoms with Gasteiger partial charge in [-0.1, -0.05) is 0 Å². The quantitative estimate of drug-likeness (QED) is 0.874. The summed E-state index contributed by atoms with van der Waals surface area (Å²) in [6.45, 7) is 8.70. The summed E-state index contributed by atoms with van der Waals surface area (Å²) in [4.78, 5) is 2.40. The Balaban J connectivity index is 1.93. The van der Waals surface area contributed by atoms with E-state index in [1.54, 1.807) is 0 Å². The van der Waals surface area contributed by atoms with Crippen LogP contribution in [0.4, 0.5) is 0 Å². The molecule has 1 unspecified atom stereocenters. The Bertz CT molecular complexity index is 364. The first-order valence-corrected chi connectivity index (χ1v) is 6.58. The second-order valence-electron chi connectivity index (χ2n) is 5.33. The van der Waals surface area contributed by atoms with Crippen molar-refractivity contribution in [3.05, 3.63) is 23.2 Å². The van der Waals surface area contributed by atoms with E-state index >= 15 is 0 Å². The highest BCUT2D eigenvalue weighted by atomic mass is 16.3. The Labute approximate surface area is 104 Å². The van der Waals surface area contributed by atoms with Gasteiger partial charge in [0, 0.05) is 17.6 Å². The number of aryl methyl sites for hydroxylation is 2. The highest BCUT2D eigenvalue weighted by Gasteiger charge is 2.20. The predicted octanol–water partition coefficient (Wildman–Crippen LogP) is 2.64. The fourth-order valence-corrected chi connectivity index (χ4v) is 2.70. The van der Waals surface area contributed by atoms with Gasteiger partial charge in [-0.15, -0.1) is 0 Å². The third kappa shape index (κ3) is 3.11. The van der Waals surface area contributed by atoms with Crippen LogP contribution in [0.1, 0.15) is 42.9 Å². The van der Waals surface area contributed by atoms with Crippen molar-refractivity contribution in [2.24, 2.45) is 0 Å². The fraction of sp³-hybridized carbons (Fsp3) is 0.714. The molecular formula is C14H24N2O. The molecular weight excluding hydrogens is 212 g/mol. The number of nitrogens with zero attached hydrogens (tertiary/aromatic N) is 1. The van der Waals surface area contributed by atoms with Crippen molar-refractivity contribution in [2.75, 3.05) is 20.1 Å². The van der Waals surface area contributed by atoms with E-state index < -0.39 is 0 Å². The molecule has 1 aliphatic rings. The van der Waals surface area contributed by atoms with Gasteiger partial charge in [0.1, 0.15) is 11.5 Å². The molecule has 0 radical (unpaired) electrons. The van der Waals surface area contributed by atoms with Crippen LogP contribution in [0.15, 0.2) is 10.5 Å². The van der Waals surface area contributed by atoms with Crippen LogP contribution >= 0.6 is 0 Å². The number of rotatable bonds is 3. The molecule has 2 heterocycles. The number of likely N-dealkylation sites (tertiary alicyclic amines) is 1. The van der Waals surface area contributed by atoms with Crippen molar-refractivity contribution in [1.29, 1.82) is 0 Å². The Hall–Kier alpha value is -0.800. The zero-order valence-electron chi connectivity index (χ0n) is 11.4. The zero-order chi connectivity index (χ0) is 12.4. The first kappa shape index (κ1) is 12.7. The average Bonchev–Trinajstić information content (AvgIpc) is 2.61. The Morgan fingerprint density at radius 1 is 1.35 bits per heavy atom. The smallest absolute Gasteiger partial charge is 0.105 e. The van der Waals surface area contributed by atoms with Gasteiger partial charge >= 0.3 is 0 Å². The predicted molar refractivity (Wildman–Crippen MR) is 70.3 cm³/mol. The molecule has 1 saturated heterocycles. The van der Waals surface area contributed by atoms with Crippen LogP contribution in [0.2, 0.25) is 0 Å². The summed E-state index contributed by atoms with van der Waals surface area (Å²) in [5, 5.41) is 3.72. The van der Waals surface area contributed by atoms with Crippen molar-refractivity contribution in [3.63, 3.8) is 0 Å². The Morgan fingerprint density at radius 2 is 2.00 bits per heavy atom. The number of nitrogens with one attached hydrogen (secondary N) is 1. The molecule has 0 amide bonds. The summed E-state index contributed by atoms with van der Waals surface area (Å²) in [5.41, 5.74) is 1.31. The lowest BCUT2D eigenvalue weighted by molar-refractivity contribution is 0.226. The minimum atomic E-state index is 0.390. The number of hydrogen-bond donors (Lipinski definition) is 1. The van der Waals surface area contributed by atoms with Crippen molar-refractivity contribution >= 4 is 0 Å². The molecule has 17 heavy (non-hydrogen) atoms. The zero-order valence-corrected chi connectivity index (χ0v) is 11.4. The van der Waals surface area contributed by atoms with Crippen LogP contribution in [0.3, 0.4) is 0 Å². The molecule has 1 atom stereocenters. The van der Waals surface area contributed by atoms with Gasteiger partial charge < -0.3 is 14.6 Å². The van der Waals surface area contributed by atoms with Gasteiger partial charge in [-0.25, -0.2) is 0 Å². The van der Waals surface area contributed by atoms with Gasteiger partial charge in [-0.05, 0) is 59.8 Å². The number of hydrogen-bond acceptors (Lipinski definition) is 3. The Kier molecular flexibility index (Phi) is 3.89. The minimum absolute atomic E-state index is 0.390. The average molecular weight is 236 g/mol. The summed E-state index contributed by atoms with van der Waals surface area (Å²) in [7, 11) is 2.20. The number of piperidine rings is 1. The Morgan fingerprint density at radius 3 is 2.53 bits per heavy atom. The maximum atomic E-state index is 5.59. The maximum absolute atomic E-state index is 5.59. The maximum Gasteiger partial charge on any atom is 0.105 e. The van der Waals surface area contributed by atoms with Crippen molar-refractivity contribution in [1.82, 2.24) is 10.2 Å². The van der Waals surface area contributed by atoms with Gasteiger partial charge in [-0.3, -0.25) is 0 Å². The van der Waals surface area contributed by atoms with Gasteiger partial charge in [0.25, 0.3) is 0 Å². The summed E-state index contributed by atoms with van der Waals surface area (Å²) in [6.07, 6.45) is 2.49. The van der Waals surface area contributed by atoms with Crippen molar-refractivity contribution < 1.29 is 4.42 Å². The molecule has 3 heteroatoms. The lowest BCUT2D eigenvalue weighted by Gasteiger charge is -2.31. The lowest BCUT2D eigenvalue weighted by Crippen LogP contribution is -2.41. The summed E-state index contributed by atoms with van der Waals surface area (Å²) >= 11 is 0. The fourth-order valence-electron chi connectivity index (χ4n) is 2.70. The topological polar surface area (TPSA) is 28.4 Å². The van der Waals surface area contributed by atoms with Crippen LogP contribution in [0.25, 0.3) is 0 Å². The van der Waals surface area contributed by atoms with Gasteiger partial charge in [0.15, 0.2) is 0 Å². The van der Waals surface area contributed by atoms with Crippen LogP contribution in [0, 0.1) is 13.8 Å². The SMILES string of the molecule is Cc1cc(C(C)NC2CCN(C)CC2)c(C)o1. The van der Waals surface area contributed by atoms with Crippen LogP contribution in [0.5, 0.6) is 0 Å². The molecule has 1 aromatic heterocycles. The normalized spacial score (nSPS) is 20.7. The van der Waals surface area contributed by atoms with Crippen LogP contribution < -0.4 is 5.32 Å². The van der Waals surface area contributed by atoms with E-state index in [1.807, 2.05) is 6.92 Å². The second kappa shape index (κ2) is 5.23. The molecule has 3 nitrogen and oxygen atoms in total. The molecule has 1 aromatic rings. The van der Waals surface area contributed by atoms with E-state index in [2.05, 4.69) is 37.2 Å². The minimum Gasteiger partial charge on any atom is -0.466 e. The van der Waals surface area contributed by atoms with E-state index in [9.17, 15) is 0 Å². The molecule has 0 aromatic carbocycles. The molecule has 96 valence electrons. The highest BCUT2D eigenvalue weighted by molar-refractivity contribution is 5.23. The van der Waals surface area contributed by atoms with Crippen LogP contribution in [-0.2, 0) is 0 Å². The molecule has 0 bridgehead atoms. The second-order valence-corrected chi connectivity index (χ2v) is 5.33. The molecule has 1 N–H and O–H groups in total. The summed E-state index contributed by atoms with van der Waals surface area (Å²) in [5.74, 6) is 2.06. The first-order chi connectivity index (χ1) is 8.06. The lowest BCUT2D eigenvalue weighted by atomic mass is 10.0. The molecule has 0 aliphatic carbocycles. The molecule has 0 spiro atoms. The van der Waals surface area contributed by atoms with E-state index in [-0.39, 0.29) is 0 Å². The van der Waals surface area contributed by atoms with E-state index in [4.69, 9.17) is 4.42 Å². The van der Waals surface area contributed by atoms with Crippen LogP contribution in [-0.4, -0.2) is 31.1 Å². The van der Waals surface area contributed by atoms with Gasteiger partial charge in [0.05, 0.1) is 0 Å². The largest absolute Gasteiger partial charge is 0.466 e. The summed E-state index contributed by atoms with van der Waals surface area (Å²) < 4.78 is 5.59. The standard InChI is InChI=1S/C14H24N2O/c1-10-9-14(12(3)17-10)11(2)15-13-5-7-16(4)8-6-13/h9,11,13,15H,5-8H2,1-4H3. The summed E-state index contributed by atoms with van der Waals surface area (Å²) in [6, 6.07) is 3.19. The third-order valence-corrected chi connectivity index (χ3v) is 3.75. The highest BCUT2D eigenvalue weighted by Crippen LogP contribution is 2.23. The van der Waals surface area contributed by atoms with Crippen molar-refractivity contribution in [2.45, 2.75) is 45.7 Å². The van der Waals surface area contributed by atoms with E-state index in [0.29, 0.717) is 12.1 Å².